The zero-order chi connectivity index (χ0) is 41.0. The third-order valence-electron chi connectivity index (χ3n) is 11.9. The number of hydrogen-bond donors (Lipinski definition) is 0. The van der Waals surface area contributed by atoms with Crippen LogP contribution in [0.15, 0.2) is 158 Å². The number of carbonyl (C=O) groups excluding carboxylic acids is 2. The molecule has 6 aromatic rings. The van der Waals surface area contributed by atoms with Gasteiger partial charge in [0.2, 0.25) is 0 Å². The van der Waals surface area contributed by atoms with Crippen LogP contribution in [0.2, 0.25) is 0 Å². The van der Waals surface area contributed by atoms with Crippen LogP contribution in [0.5, 0.6) is 0 Å². The fourth-order valence-corrected chi connectivity index (χ4v) is 8.63. The zero-order valence-electron chi connectivity index (χ0n) is 34.8. The van der Waals surface area contributed by atoms with Crippen LogP contribution in [0.4, 0.5) is 34.1 Å². The number of piperazine rings is 2. The standard InChI is InChI=1S/2C26H25N3O.H2O/c2*1-27-15-17-28(18-16-27)24-13-7-5-9-20(24)19-23-22-12-6-8-14-25(22)29(26(23)30)21-10-3-2-4-11-21;/h2*2-14,19H,15-18H2,1H3;1H2. The van der Waals surface area contributed by atoms with Crippen LogP contribution >= 0.6 is 0 Å². The molecule has 0 aromatic heterocycles. The minimum Gasteiger partial charge on any atom is -0.412 e. The van der Waals surface area contributed by atoms with Crippen molar-refractivity contribution in [1.29, 1.82) is 0 Å². The number of hydrogen-bond acceptors (Lipinski definition) is 6. The molecular formula is C52H52N6O3. The van der Waals surface area contributed by atoms with Gasteiger partial charge in [0.15, 0.2) is 0 Å². The Morgan fingerprint density at radius 2 is 0.689 bits per heavy atom. The van der Waals surface area contributed by atoms with E-state index in [0.717, 1.165) is 109 Å². The smallest absolute Gasteiger partial charge is 0.263 e. The van der Waals surface area contributed by atoms with E-state index in [4.69, 9.17) is 0 Å². The summed E-state index contributed by atoms with van der Waals surface area (Å²) in [5.41, 5.74) is 11.7. The second-order valence-corrected chi connectivity index (χ2v) is 15.8. The van der Waals surface area contributed by atoms with E-state index in [0.29, 0.717) is 0 Å². The molecular weight excluding hydrogens is 757 g/mol. The number of likely N-dealkylation sites (N-methyl/N-ethyl adjacent to an activating group) is 2. The first-order chi connectivity index (χ1) is 29.4. The van der Waals surface area contributed by atoms with Crippen LogP contribution in [0.3, 0.4) is 0 Å². The van der Waals surface area contributed by atoms with Crippen molar-refractivity contribution in [3.05, 3.63) is 180 Å². The second kappa shape index (κ2) is 18.2. The Kier molecular flexibility index (Phi) is 12.2. The number of fused-ring (bicyclic) bond motifs is 2. The van der Waals surface area contributed by atoms with Crippen LogP contribution in [0, 0.1) is 0 Å². The number of para-hydroxylation sites is 6. The molecule has 2 N–H and O–H groups in total. The molecule has 0 spiro atoms. The maximum atomic E-state index is 13.5. The molecule has 0 aliphatic carbocycles. The number of nitrogens with zero attached hydrogens (tertiary/aromatic N) is 6. The second-order valence-electron chi connectivity index (χ2n) is 15.8. The first-order valence-corrected chi connectivity index (χ1v) is 20.9. The lowest BCUT2D eigenvalue weighted by Crippen LogP contribution is -2.44. The van der Waals surface area contributed by atoms with Crippen LogP contribution in [0.25, 0.3) is 23.3 Å². The van der Waals surface area contributed by atoms with E-state index in [1.54, 1.807) is 0 Å². The molecule has 4 aliphatic heterocycles. The molecule has 6 aromatic carbocycles. The van der Waals surface area contributed by atoms with Gasteiger partial charge in [-0.15, -0.1) is 0 Å². The van der Waals surface area contributed by atoms with Crippen molar-refractivity contribution in [2.45, 2.75) is 0 Å². The molecule has 0 bridgehead atoms. The summed E-state index contributed by atoms with van der Waals surface area (Å²) >= 11 is 0. The SMILES string of the molecule is CN1CCN(c2ccccc2C=C2C(=O)N(c3ccccc3)c3ccccc32)CC1.CN1CCN(c2ccccc2C=C2C(=O)N(c3ccccc3)c3ccccc32)CC1.O. The lowest BCUT2D eigenvalue weighted by atomic mass is 10.0. The average molecular weight is 809 g/mol. The summed E-state index contributed by atoms with van der Waals surface area (Å²) in [5.74, 6) is 0.0474. The summed E-state index contributed by atoms with van der Waals surface area (Å²) < 4.78 is 0. The predicted molar refractivity (Wildman–Crippen MR) is 252 cm³/mol. The first kappa shape index (κ1) is 41.0. The molecule has 0 radical (unpaired) electrons. The minimum atomic E-state index is 0. The fraction of sp³-hybridized carbons (Fsp3) is 0.192. The highest BCUT2D eigenvalue weighted by Gasteiger charge is 2.35. The Balaban J connectivity index is 0.000000166. The van der Waals surface area contributed by atoms with Crippen LogP contribution < -0.4 is 19.6 Å². The highest BCUT2D eigenvalue weighted by atomic mass is 16.2. The molecule has 10 rings (SSSR count). The van der Waals surface area contributed by atoms with Gasteiger partial charge in [-0.05, 0) is 85.9 Å². The summed E-state index contributed by atoms with van der Waals surface area (Å²) in [6.07, 6.45) is 4.13. The monoisotopic (exact) mass is 808 g/mol. The molecule has 308 valence electrons. The van der Waals surface area contributed by atoms with Gasteiger partial charge in [-0.1, -0.05) is 109 Å². The maximum Gasteiger partial charge on any atom is 0.263 e. The highest BCUT2D eigenvalue weighted by Crippen LogP contribution is 2.44. The maximum absolute atomic E-state index is 13.5. The van der Waals surface area contributed by atoms with Crippen LogP contribution in [-0.4, -0.2) is 93.5 Å². The van der Waals surface area contributed by atoms with Gasteiger partial charge in [0.25, 0.3) is 11.8 Å². The third-order valence-corrected chi connectivity index (χ3v) is 11.9. The van der Waals surface area contributed by atoms with E-state index in [1.807, 2.05) is 131 Å². The Labute approximate surface area is 359 Å². The lowest BCUT2D eigenvalue weighted by Gasteiger charge is -2.35. The van der Waals surface area contributed by atoms with Gasteiger partial charge in [0.1, 0.15) is 0 Å². The van der Waals surface area contributed by atoms with Gasteiger partial charge in [-0.25, -0.2) is 0 Å². The Hall–Kier alpha value is -6.78. The zero-order valence-corrected chi connectivity index (χ0v) is 34.8. The molecule has 2 amide bonds. The van der Waals surface area contributed by atoms with Gasteiger partial charge in [-0.2, -0.15) is 0 Å². The van der Waals surface area contributed by atoms with Gasteiger partial charge in [0, 0.05) is 86.2 Å². The Morgan fingerprint density at radius 1 is 0.377 bits per heavy atom. The average Bonchev–Trinajstić information content (AvgIpc) is 3.74. The van der Waals surface area contributed by atoms with E-state index in [1.165, 1.54) is 11.4 Å². The van der Waals surface area contributed by atoms with Crippen molar-refractivity contribution in [2.75, 3.05) is 86.1 Å². The number of rotatable bonds is 6. The summed E-state index contributed by atoms with van der Waals surface area (Å²) in [6, 6.07) is 52.7. The van der Waals surface area contributed by atoms with Gasteiger partial charge < -0.3 is 25.1 Å². The molecule has 0 unspecified atom stereocenters. The molecule has 4 aliphatic rings. The number of carbonyl (C=O) groups is 2. The molecule has 9 heteroatoms. The molecule has 2 fully saturated rings. The highest BCUT2D eigenvalue weighted by molar-refractivity contribution is 6.39. The fourth-order valence-electron chi connectivity index (χ4n) is 8.63. The van der Waals surface area contributed by atoms with Crippen molar-refractivity contribution in [3.63, 3.8) is 0 Å². The van der Waals surface area contributed by atoms with E-state index >= 15 is 0 Å². The molecule has 0 atom stereocenters. The molecule has 4 heterocycles. The molecule has 0 saturated carbocycles. The van der Waals surface area contributed by atoms with Crippen molar-refractivity contribution in [2.24, 2.45) is 0 Å². The van der Waals surface area contributed by atoms with Crippen molar-refractivity contribution in [1.82, 2.24) is 9.80 Å². The molecule has 2 saturated heterocycles. The van der Waals surface area contributed by atoms with Crippen LogP contribution in [-0.2, 0) is 9.59 Å². The summed E-state index contributed by atoms with van der Waals surface area (Å²) in [7, 11) is 4.33. The quantitative estimate of drug-likeness (QED) is 0.157. The van der Waals surface area contributed by atoms with E-state index in [9.17, 15) is 9.59 Å². The third kappa shape index (κ3) is 8.36. The predicted octanol–water partition coefficient (Wildman–Crippen LogP) is 8.49. The van der Waals surface area contributed by atoms with Gasteiger partial charge in [-0.3, -0.25) is 19.4 Å². The minimum absolute atomic E-state index is 0. The normalized spacial score (nSPS) is 17.9. The topological polar surface area (TPSA) is 85.1 Å². The summed E-state index contributed by atoms with van der Waals surface area (Å²) in [6.45, 7) is 8.19. The van der Waals surface area contributed by atoms with E-state index < -0.39 is 0 Å². The number of anilines is 6. The molecule has 61 heavy (non-hydrogen) atoms. The summed E-state index contributed by atoms with van der Waals surface area (Å²) in [5, 5.41) is 0. The van der Waals surface area contributed by atoms with Crippen molar-refractivity contribution < 1.29 is 15.1 Å². The van der Waals surface area contributed by atoms with Crippen molar-refractivity contribution in [3.8, 4) is 0 Å². The van der Waals surface area contributed by atoms with E-state index in [-0.39, 0.29) is 17.3 Å². The number of benzene rings is 6. The van der Waals surface area contributed by atoms with Gasteiger partial charge >= 0.3 is 0 Å². The first-order valence-electron chi connectivity index (χ1n) is 20.9. The Bertz CT molecular complexity index is 2380. The number of amides is 2. The molecule has 9 nitrogen and oxygen atoms in total. The van der Waals surface area contributed by atoms with Crippen molar-refractivity contribution >= 4 is 69.2 Å². The van der Waals surface area contributed by atoms with E-state index in [2.05, 4.69) is 82.2 Å². The lowest BCUT2D eigenvalue weighted by molar-refractivity contribution is -0.113. The van der Waals surface area contributed by atoms with Crippen LogP contribution in [0.1, 0.15) is 22.3 Å². The van der Waals surface area contributed by atoms with Gasteiger partial charge in [0.05, 0.1) is 22.5 Å². The Morgan fingerprint density at radius 3 is 1.07 bits per heavy atom. The largest absolute Gasteiger partial charge is 0.412 e. The summed E-state index contributed by atoms with van der Waals surface area (Å²) in [4.78, 5) is 40.3.